The number of allylic oxidation sites excluding steroid dienone is 1. The van der Waals surface area contributed by atoms with Crippen molar-refractivity contribution in [1.29, 1.82) is 0 Å². The molecule has 0 spiro atoms. The first-order valence-corrected chi connectivity index (χ1v) is 21.2. The predicted octanol–water partition coefficient (Wildman–Crippen LogP) is 11.5. The molecule has 4 aliphatic carbocycles. The lowest BCUT2D eigenvalue weighted by molar-refractivity contribution is -0.0641. The van der Waals surface area contributed by atoms with Gasteiger partial charge in [0, 0.05) is 19.8 Å². The van der Waals surface area contributed by atoms with E-state index in [0.29, 0.717) is 23.0 Å². The number of likely N-dealkylation sites (N-methyl/N-ethyl adjacent to an activating group) is 1. The molecule has 48 heavy (non-hydrogen) atoms. The minimum Gasteiger partial charge on any atom is -0.380 e. The number of unbranched alkanes of at least 4 members (excludes halogenated alkanes) is 6. The van der Waals surface area contributed by atoms with E-state index in [2.05, 4.69) is 66.6 Å². The summed E-state index contributed by atoms with van der Waals surface area (Å²) >= 11 is 0. The van der Waals surface area contributed by atoms with Crippen molar-refractivity contribution < 1.29 is 14.2 Å². The standard InChI is InChI=1S/C44H81NO3/c1-9-10-28-46-32-37(45(7)8)33-47-29-15-13-11-12-14-16-30-48-38-24-26-43(5)36(31-38)20-21-39-41-23-22-40(35(4)19-17-18-34(2)3)44(41,6)27-25-42(39)43/h20,34-35,37-42H,9-19,21-33H2,1-8H3/t35-,37-,38+,39+,40-,41+,42+,43+,44-/m1/s1. The topological polar surface area (TPSA) is 30.9 Å². The molecule has 9 atom stereocenters. The second kappa shape index (κ2) is 20.0. The maximum atomic E-state index is 6.55. The lowest BCUT2D eigenvalue weighted by atomic mass is 9.47. The van der Waals surface area contributed by atoms with Crippen LogP contribution in [0.4, 0.5) is 0 Å². The highest BCUT2D eigenvalue weighted by atomic mass is 16.5. The summed E-state index contributed by atoms with van der Waals surface area (Å²) in [5.74, 6) is 5.51. The van der Waals surface area contributed by atoms with Crippen LogP contribution < -0.4 is 0 Å². The molecule has 3 saturated carbocycles. The Morgan fingerprint density at radius 3 is 2.15 bits per heavy atom. The lowest BCUT2D eigenvalue weighted by Gasteiger charge is -2.58. The first kappa shape index (κ1) is 40.4. The molecule has 4 nitrogen and oxygen atoms in total. The Kier molecular flexibility index (Phi) is 16.8. The van der Waals surface area contributed by atoms with Gasteiger partial charge in [0.25, 0.3) is 0 Å². The second-order valence-corrected chi connectivity index (χ2v) is 18.3. The van der Waals surface area contributed by atoms with Crippen LogP contribution in [0, 0.1) is 46.3 Å². The van der Waals surface area contributed by atoms with Crippen molar-refractivity contribution >= 4 is 0 Å². The molecule has 0 saturated heterocycles. The van der Waals surface area contributed by atoms with Crippen molar-refractivity contribution in [1.82, 2.24) is 4.90 Å². The molecule has 4 heteroatoms. The zero-order chi connectivity index (χ0) is 34.6. The maximum absolute atomic E-state index is 6.55. The van der Waals surface area contributed by atoms with Crippen LogP contribution in [0.3, 0.4) is 0 Å². The molecular formula is C44H81NO3. The summed E-state index contributed by atoms with van der Waals surface area (Å²) in [4.78, 5) is 2.23. The van der Waals surface area contributed by atoms with Gasteiger partial charge >= 0.3 is 0 Å². The van der Waals surface area contributed by atoms with Crippen LogP contribution in [0.15, 0.2) is 11.6 Å². The second-order valence-electron chi connectivity index (χ2n) is 18.3. The van der Waals surface area contributed by atoms with E-state index in [4.69, 9.17) is 14.2 Å². The number of hydrogen-bond donors (Lipinski definition) is 0. The molecule has 0 heterocycles. The minimum atomic E-state index is 0.354. The van der Waals surface area contributed by atoms with Crippen LogP contribution in [-0.4, -0.2) is 64.2 Å². The third-order valence-corrected chi connectivity index (χ3v) is 14.3. The number of hydrogen-bond acceptors (Lipinski definition) is 4. The van der Waals surface area contributed by atoms with E-state index >= 15 is 0 Å². The quantitative estimate of drug-likeness (QED) is 0.0799. The Labute approximate surface area is 299 Å². The van der Waals surface area contributed by atoms with Gasteiger partial charge in [-0.1, -0.05) is 105 Å². The van der Waals surface area contributed by atoms with E-state index in [-0.39, 0.29) is 0 Å². The van der Waals surface area contributed by atoms with Gasteiger partial charge in [-0.3, -0.25) is 0 Å². The van der Waals surface area contributed by atoms with Crippen molar-refractivity contribution in [2.24, 2.45) is 46.3 Å². The smallest absolute Gasteiger partial charge is 0.0644 e. The summed E-state index contributed by atoms with van der Waals surface area (Å²) in [6, 6.07) is 0.354. The average molecular weight is 672 g/mol. The largest absolute Gasteiger partial charge is 0.380 e. The maximum Gasteiger partial charge on any atom is 0.0644 e. The number of rotatable bonds is 23. The van der Waals surface area contributed by atoms with Crippen LogP contribution in [-0.2, 0) is 14.2 Å². The zero-order valence-electron chi connectivity index (χ0n) is 33.3. The van der Waals surface area contributed by atoms with Gasteiger partial charge < -0.3 is 19.1 Å². The van der Waals surface area contributed by atoms with Crippen molar-refractivity contribution in [3.05, 3.63) is 11.6 Å². The van der Waals surface area contributed by atoms with E-state index in [9.17, 15) is 0 Å². The average Bonchev–Trinajstić information content (AvgIpc) is 3.41. The molecular weight excluding hydrogens is 590 g/mol. The van der Waals surface area contributed by atoms with Gasteiger partial charge in [-0.05, 0) is 131 Å². The van der Waals surface area contributed by atoms with Gasteiger partial charge in [-0.2, -0.15) is 0 Å². The summed E-state index contributed by atoms with van der Waals surface area (Å²) in [6.07, 6.45) is 28.6. The van der Waals surface area contributed by atoms with Gasteiger partial charge in [0.15, 0.2) is 0 Å². The molecule has 0 aromatic heterocycles. The van der Waals surface area contributed by atoms with Crippen LogP contribution in [0.1, 0.15) is 164 Å². The Bertz CT molecular complexity index is 932. The molecule has 0 unspecified atom stereocenters. The SMILES string of the molecule is CCCCOC[C@H](COCCCCCCCCO[C@H]1CC[C@@]2(C)C(=CC[C@H]3[C@@H]4CC[C@H]([C@H](C)CCCC(C)C)[C@@]4(C)CC[C@@H]32)C1)N(C)C. The predicted molar refractivity (Wildman–Crippen MR) is 205 cm³/mol. The fraction of sp³-hybridized carbons (Fsp3) is 0.955. The minimum absolute atomic E-state index is 0.354. The zero-order valence-corrected chi connectivity index (χ0v) is 33.3. The fourth-order valence-electron chi connectivity index (χ4n) is 11.1. The summed E-state index contributed by atoms with van der Waals surface area (Å²) < 4.78 is 18.4. The van der Waals surface area contributed by atoms with Gasteiger partial charge in [-0.15, -0.1) is 0 Å². The Morgan fingerprint density at radius 2 is 1.46 bits per heavy atom. The van der Waals surface area contributed by atoms with Crippen molar-refractivity contribution in [3.63, 3.8) is 0 Å². The van der Waals surface area contributed by atoms with E-state index < -0.39 is 0 Å². The molecule has 3 fully saturated rings. The molecule has 0 amide bonds. The van der Waals surface area contributed by atoms with Crippen LogP contribution in [0.5, 0.6) is 0 Å². The Balaban J connectivity index is 1.09. The first-order chi connectivity index (χ1) is 23.1. The van der Waals surface area contributed by atoms with Crippen LogP contribution >= 0.6 is 0 Å². The van der Waals surface area contributed by atoms with E-state index in [1.54, 1.807) is 5.57 Å². The molecule has 0 N–H and O–H groups in total. The molecule has 0 bridgehead atoms. The lowest BCUT2D eigenvalue weighted by Crippen LogP contribution is -2.51. The van der Waals surface area contributed by atoms with Gasteiger partial charge in [0.1, 0.15) is 0 Å². The third kappa shape index (κ3) is 10.8. The molecule has 280 valence electrons. The van der Waals surface area contributed by atoms with E-state index in [0.717, 1.165) is 75.0 Å². The monoisotopic (exact) mass is 672 g/mol. The summed E-state index contributed by atoms with van der Waals surface area (Å²) in [7, 11) is 4.25. The van der Waals surface area contributed by atoms with Crippen LogP contribution in [0.2, 0.25) is 0 Å². The molecule has 0 aliphatic heterocycles. The summed E-state index contributed by atoms with van der Waals surface area (Å²) in [5, 5.41) is 0. The van der Waals surface area contributed by atoms with Gasteiger partial charge in [0.05, 0.1) is 25.4 Å². The van der Waals surface area contributed by atoms with E-state index in [1.165, 1.54) is 116 Å². The van der Waals surface area contributed by atoms with Gasteiger partial charge in [-0.25, -0.2) is 0 Å². The molecule has 0 aromatic carbocycles. The summed E-state index contributed by atoms with van der Waals surface area (Å²) in [6.45, 7) is 19.2. The Morgan fingerprint density at radius 1 is 0.771 bits per heavy atom. The first-order valence-electron chi connectivity index (χ1n) is 21.2. The molecule has 4 aliphatic rings. The highest BCUT2D eigenvalue weighted by Crippen LogP contribution is 2.67. The van der Waals surface area contributed by atoms with Crippen molar-refractivity contribution in [2.75, 3.05) is 47.1 Å². The number of nitrogens with zero attached hydrogens (tertiary/aromatic N) is 1. The molecule has 0 radical (unpaired) electrons. The third-order valence-electron chi connectivity index (χ3n) is 14.3. The molecule has 4 rings (SSSR count). The fourth-order valence-corrected chi connectivity index (χ4v) is 11.1. The number of ether oxygens (including phenoxy) is 3. The van der Waals surface area contributed by atoms with Crippen LogP contribution in [0.25, 0.3) is 0 Å². The highest BCUT2D eigenvalue weighted by Gasteiger charge is 2.59. The van der Waals surface area contributed by atoms with Gasteiger partial charge in [0.2, 0.25) is 0 Å². The summed E-state index contributed by atoms with van der Waals surface area (Å²) in [5.41, 5.74) is 2.81. The normalized spacial score (nSPS) is 33.0. The Hall–Kier alpha value is -0.420. The number of fused-ring (bicyclic) bond motifs is 5. The van der Waals surface area contributed by atoms with E-state index in [1.807, 2.05) is 0 Å². The van der Waals surface area contributed by atoms with Crippen molar-refractivity contribution in [3.8, 4) is 0 Å². The molecule has 0 aromatic rings. The van der Waals surface area contributed by atoms with Crippen molar-refractivity contribution in [2.45, 2.75) is 176 Å². The highest BCUT2D eigenvalue weighted by molar-refractivity contribution is 5.25.